The largest absolute Gasteiger partial charge is 0.478 e. The fourth-order valence-corrected chi connectivity index (χ4v) is 13.8. The molecule has 414 valence electrons. The summed E-state index contributed by atoms with van der Waals surface area (Å²) in [6.07, 6.45) is 25.8. The summed E-state index contributed by atoms with van der Waals surface area (Å²) in [5, 5.41) is 31.4. The predicted octanol–water partition coefficient (Wildman–Crippen LogP) is 21.0. The van der Waals surface area contributed by atoms with Gasteiger partial charge in [-0.15, -0.1) is 22.7 Å². The topological polar surface area (TPSA) is 99.0 Å². The molecule has 0 saturated carbocycles. The van der Waals surface area contributed by atoms with Gasteiger partial charge in [-0.1, -0.05) is 167 Å². The highest BCUT2D eigenvalue weighted by atomic mass is 32.1. The van der Waals surface area contributed by atoms with Crippen molar-refractivity contribution in [3.8, 4) is 49.8 Å². The van der Waals surface area contributed by atoms with Gasteiger partial charge in [-0.05, 0) is 177 Å². The van der Waals surface area contributed by atoms with Gasteiger partial charge in [0.25, 0.3) is 0 Å². The summed E-state index contributed by atoms with van der Waals surface area (Å²) in [7, 11) is 0. The molecule has 1 aliphatic heterocycles. The molecule has 4 heterocycles. The van der Waals surface area contributed by atoms with E-state index in [4.69, 9.17) is 9.84 Å². The Balaban J connectivity index is 0.962. The molecule has 1 N–H and O–H groups in total. The lowest BCUT2D eigenvalue weighted by atomic mass is 9.70. The number of hydrogen-bond acceptors (Lipinski definition) is 6. The second-order valence-electron chi connectivity index (χ2n) is 24.1. The smallest absolute Gasteiger partial charge is 0.328 e. The van der Waals surface area contributed by atoms with E-state index in [0.717, 1.165) is 49.6 Å². The number of aliphatic carboxylic acids is 1. The third kappa shape index (κ3) is 12.1. The highest BCUT2D eigenvalue weighted by Crippen LogP contribution is 2.56. The van der Waals surface area contributed by atoms with Crippen LogP contribution in [0.4, 0.5) is 0 Å². The summed E-state index contributed by atoms with van der Waals surface area (Å²) in [4.78, 5) is 15.0. The zero-order valence-corrected chi connectivity index (χ0v) is 50.3. The first kappa shape index (κ1) is 57.2. The van der Waals surface area contributed by atoms with Gasteiger partial charge in [0.2, 0.25) is 0 Å². The van der Waals surface area contributed by atoms with E-state index in [-0.39, 0.29) is 21.8 Å². The highest BCUT2D eigenvalue weighted by Gasteiger charge is 2.43. The van der Waals surface area contributed by atoms with Gasteiger partial charge >= 0.3 is 5.97 Å². The first-order valence-electron chi connectivity index (χ1n) is 29.1. The summed E-state index contributed by atoms with van der Waals surface area (Å²) in [6.45, 7) is 18.5. The van der Waals surface area contributed by atoms with Crippen LogP contribution in [-0.4, -0.2) is 15.6 Å². The predicted molar refractivity (Wildman–Crippen MR) is 345 cm³/mol. The molecule has 0 spiro atoms. The van der Waals surface area contributed by atoms with Gasteiger partial charge < -0.3 is 14.4 Å². The van der Waals surface area contributed by atoms with Crippen LogP contribution in [0.2, 0.25) is 0 Å². The molecule has 0 bridgehead atoms. The van der Waals surface area contributed by atoms with Gasteiger partial charge in [0.15, 0.2) is 0 Å². The molecule has 8 aromatic rings. The number of carboxylic acid groups (broad SMARTS) is 1. The number of carbonyl (C=O) groups is 1. The fourth-order valence-electron chi connectivity index (χ4n) is 11.8. The zero-order valence-electron chi connectivity index (χ0n) is 48.7. The number of hydrogen-bond donors (Lipinski definition) is 1. The minimum atomic E-state index is -0.980. The number of nitrogens with zero attached hydrogens (tertiary/aromatic N) is 3. The summed E-state index contributed by atoms with van der Waals surface area (Å²) >= 11 is 3.13. The number of benzene rings is 5. The van der Waals surface area contributed by atoms with Crippen LogP contribution in [0.3, 0.4) is 0 Å². The van der Waals surface area contributed by atoms with Crippen LogP contribution in [-0.2, 0) is 25.8 Å². The van der Waals surface area contributed by atoms with Gasteiger partial charge in [0.1, 0.15) is 29.2 Å². The number of rotatable bonds is 19. The Morgan fingerprint density at radius 3 is 1.65 bits per heavy atom. The molecule has 0 amide bonds. The molecule has 0 atom stereocenters. The number of allylic oxidation sites excluding steroid dienone is 6. The summed E-state index contributed by atoms with van der Waals surface area (Å²) < 4.78 is 8.89. The summed E-state index contributed by atoms with van der Waals surface area (Å²) in [5.74, 6) is 0.0297. The lowest BCUT2D eigenvalue weighted by molar-refractivity contribution is -0.131. The van der Waals surface area contributed by atoms with Crippen molar-refractivity contribution in [3.63, 3.8) is 0 Å². The van der Waals surface area contributed by atoms with E-state index in [9.17, 15) is 15.3 Å². The maximum atomic E-state index is 11.0. The highest BCUT2D eigenvalue weighted by molar-refractivity contribution is 7.22. The first-order valence-corrected chi connectivity index (χ1v) is 30.8. The van der Waals surface area contributed by atoms with Crippen LogP contribution in [0.15, 0.2) is 174 Å². The van der Waals surface area contributed by atoms with Crippen LogP contribution in [0.1, 0.15) is 157 Å². The molecule has 2 aliphatic rings. The molecule has 0 unspecified atom stereocenters. The van der Waals surface area contributed by atoms with E-state index in [1.54, 1.807) is 29.6 Å². The van der Waals surface area contributed by atoms with E-state index in [2.05, 4.69) is 157 Å². The standard InChI is InChI=1S/C74H73N3O3S2/c1-9-11-13-15-39-74(40-16-14-12-10-2)65-43-51(22-32-61(65)62-33-25-56(46-66(62)74)77-67-34-23-54(72(3,4)5)44-63(67)64-45-55(73(6,7)8)24-35-68(64)77)50-20-17-49(18-21-50)19-26-57-41-52(53(47-75)48-76)42-58(80-57)27-28-59-29-36-69(81-59)70-37-30-60(82-70)31-38-71(78)79/h17-38,41-46H,9-16,39-40H2,1-8H3,(H,78,79)/b26-19+,28-27+,38-31+. The fraction of sp³-hybridized carbons (Fsp3) is 0.284. The monoisotopic (exact) mass is 1120 g/mol. The van der Waals surface area contributed by atoms with Gasteiger partial charge in [-0.2, -0.15) is 10.5 Å². The second-order valence-corrected chi connectivity index (χ2v) is 26.3. The van der Waals surface area contributed by atoms with Crippen molar-refractivity contribution in [1.29, 1.82) is 10.5 Å². The van der Waals surface area contributed by atoms with E-state index in [1.807, 2.05) is 60.7 Å². The zero-order chi connectivity index (χ0) is 57.8. The van der Waals surface area contributed by atoms with E-state index in [0.29, 0.717) is 17.1 Å². The normalized spacial score (nSPS) is 14.1. The van der Waals surface area contributed by atoms with Crippen molar-refractivity contribution in [2.45, 2.75) is 136 Å². The van der Waals surface area contributed by atoms with Gasteiger partial charge in [0.05, 0.1) is 11.0 Å². The quantitative estimate of drug-likeness (QED) is 0.0494. The van der Waals surface area contributed by atoms with E-state index >= 15 is 0 Å². The Morgan fingerprint density at radius 2 is 1.11 bits per heavy atom. The molecule has 82 heavy (non-hydrogen) atoms. The van der Waals surface area contributed by atoms with Crippen molar-refractivity contribution in [2.75, 3.05) is 0 Å². The Morgan fingerprint density at radius 1 is 0.585 bits per heavy atom. The minimum Gasteiger partial charge on any atom is -0.478 e. The van der Waals surface area contributed by atoms with Crippen molar-refractivity contribution < 1.29 is 14.6 Å². The van der Waals surface area contributed by atoms with Crippen molar-refractivity contribution in [3.05, 3.63) is 212 Å². The molecule has 1 aliphatic carbocycles. The molecule has 0 radical (unpaired) electrons. The summed E-state index contributed by atoms with van der Waals surface area (Å²) in [6, 6.07) is 49.7. The molecule has 8 heteroatoms. The Kier molecular flexibility index (Phi) is 16.9. The molecular formula is C74H73N3O3S2. The second kappa shape index (κ2) is 24.2. The maximum absolute atomic E-state index is 11.0. The number of nitriles is 2. The van der Waals surface area contributed by atoms with Crippen LogP contribution in [0, 0.1) is 22.7 Å². The summed E-state index contributed by atoms with van der Waals surface area (Å²) in [5.41, 5.74) is 15.8. The maximum Gasteiger partial charge on any atom is 0.328 e. The Labute approximate surface area is 493 Å². The lowest BCUT2D eigenvalue weighted by Gasteiger charge is -2.33. The first-order chi connectivity index (χ1) is 39.5. The molecular weight excluding hydrogens is 1040 g/mol. The van der Waals surface area contributed by atoms with Crippen molar-refractivity contribution >= 4 is 68.7 Å². The molecule has 6 nitrogen and oxygen atoms in total. The molecule has 0 saturated heterocycles. The lowest BCUT2D eigenvalue weighted by Crippen LogP contribution is -2.26. The van der Waals surface area contributed by atoms with E-state index in [1.165, 1.54) is 129 Å². The SMILES string of the molecule is CCCCCCC1(CCCCCC)c2cc(-c3ccc(/C=C/C4=CC(=C(C#N)C#N)C=C(/C=C/c5ccc(-c6ccc(/C=C/C(=O)O)s6)s5)O4)cc3)ccc2-c2ccc(-n3c4ccc(C(C)(C)C)cc4c4cc(C(C)(C)C)ccc43)cc21. The van der Waals surface area contributed by atoms with Crippen molar-refractivity contribution in [2.24, 2.45) is 0 Å². The van der Waals surface area contributed by atoms with Crippen LogP contribution >= 0.6 is 22.7 Å². The number of thiophene rings is 2. The van der Waals surface area contributed by atoms with E-state index < -0.39 is 5.97 Å². The van der Waals surface area contributed by atoms with Gasteiger partial charge in [-0.3, -0.25) is 0 Å². The molecule has 5 aromatic carbocycles. The number of unbranched alkanes of at least 4 members (excludes halogenated alkanes) is 6. The number of carboxylic acids is 1. The minimum absolute atomic E-state index is 0.00436. The average molecular weight is 1120 g/mol. The molecule has 10 rings (SSSR count). The Hall–Kier alpha value is -8.01. The Bertz CT molecular complexity index is 3900. The van der Waals surface area contributed by atoms with Gasteiger partial charge in [0, 0.05) is 53.0 Å². The third-order valence-electron chi connectivity index (χ3n) is 16.3. The third-order valence-corrected chi connectivity index (χ3v) is 18.6. The molecule has 0 fully saturated rings. The number of aromatic nitrogens is 1. The van der Waals surface area contributed by atoms with Crippen LogP contribution in [0.5, 0.6) is 0 Å². The van der Waals surface area contributed by atoms with Crippen LogP contribution < -0.4 is 0 Å². The average Bonchev–Trinajstić information content (AvgIpc) is 3.70. The molecule has 3 aromatic heterocycles. The van der Waals surface area contributed by atoms with Crippen molar-refractivity contribution in [1.82, 2.24) is 4.57 Å². The number of fused-ring (bicyclic) bond motifs is 6. The van der Waals surface area contributed by atoms with Gasteiger partial charge in [-0.25, -0.2) is 4.79 Å². The number of ether oxygens (including phenoxy) is 1. The van der Waals surface area contributed by atoms with Crippen LogP contribution in [0.25, 0.3) is 77.7 Å².